The van der Waals surface area contributed by atoms with Crippen LogP contribution in [0, 0.1) is 11.7 Å². The summed E-state index contributed by atoms with van der Waals surface area (Å²) < 4.78 is 20.8. The Kier molecular flexibility index (Phi) is 7.35. The monoisotopic (exact) mass is 624 g/mol. The summed E-state index contributed by atoms with van der Waals surface area (Å²) in [7, 11) is 0. The second kappa shape index (κ2) is 10.9. The van der Waals surface area contributed by atoms with Gasteiger partial charge < -0.3 is 19.5 Å². The van der Waals surface area contributed by atoms with E-state index in [-0.39, 0.29) is 17.9 Å². The molecular weight excluding hydrogens is 599 g/mol. The van der Waals surface area contributed by atoms with Crippen molar-refractivity contribution in [3.05, 3.63) is 99.7 Å². The van der Waals surface area contributed by atoms with Gasteiger partial charge in [0.05, 0.1) is 22.4 Å². The number of piperidine rings is 1. The average molecular weight is 626 g/mol. The third kappa shape index (κ3) is 5.17. The van der Waals surface area contributed by atoms with E-state index >= 15 is 0 Å². The molecule has 0 bridgehead atoms. The molecule has 2 fully saturated rings. The first kappa shape index (κ1) is 26.3. The zero-order valence-electron chi connectivity index (χ0n) is 21.3. The van der Waals surface area contributed by atoms with E-state index in [1.807, 2.05) is 41.3 Å². The molecule has 4 aromatic rings. The molecule has 2 aliphatic rings. The fourth-order valence-corrected chi connectivity index (χ4v) is 6.61. The Bertz CT molecular complexity index is 1510. The summed E-state index contributed by atoms with van der Waals surface area (Å²) in [5.41, 5.74) is 3.53. The standard InChI is InChI=1S/C30H27BrClFN4OS/c1-18-11-14-36(15-12-18)25-8-6-20(17-23(25)32)37-29(28(35-30(37)39)24-4-2-3-13-34-24)27-10-9-26(38-27)21-7-5-19(33)16-22(21)31/h2-10,13,16-18,28-29H,11-12,14-15H2,1H3,(H,35,39)/t28-,29-/m0/s1. The summed E-state index contributed by atoms with van der Waals surface area (Å²) in [6.07, 6.45) is 4.10. The maximum absolute atomic E-state index is 13.7. The number of anilines is 2. The molecule has 2 atom stereocenters. The second-order valence-corrected chi connectivity index (χ2v) is 11.8. The van der Waals surface area contributed by atoms with Gasteiger partial charge in [-0.2, -0.15) is 0 Å². The molecule has 1 N–H and O–H groups in total. The fourth-order valence-electron chi connectivity index (χ4n) is 5.42. The summed E-state index contributed by atoms with van der Waals surface area (Å²) in [6.45, 7) is 4.31. The molecule has 0 spiro atoms. The number of hydrogen-bond acceptors (Lipinski definition) is 4. The van der Waals surface area contributed by atoms with Crippen molar-refractivity contribution < 1.29 is 8.81 Å². The van der Waals surface area contributed by atoms with Crippen molar-refractivity contribution in [3.8, 4) is 11.3 Å². The van der Waals surface area contributed by atoms with Gasteiger partial charge in [0.25, 0.3) is 0 Å². The van der Waals surface area contributed by atoms with E-state index in [1.54, 1.807) is 12.3 Å². The molecule has 2 aliphatic heterocycles. The molecule has 6 rings (SSSR count). The third-order valence-electron chi connectivity index (χ3n) is 7.55. The number of pyridine rings is 1. The van der Waals surface area contributed by atoms with Crippen molar-refractivity contribution in [2.24, 2.45) is 5.92 Å². The maximum atomic E-state index is 13.7. The highest BCUT2D eigenvalue weighted by Crippen LogP contribution is 2.45. The van der Waals surface area contributed by atoms with Crippen LogP contribution in [0.5, 0.6) is 0 Å². The molecule has 200 valence electrons. The maximum Gasteiger partial charge on any atom is 0.174 e. The lowest BCUT2D eigenvalue weighted by atomic mass is 9.98. The van der Waals surface area contributed by atoms with E-state index in [1.165, 1.54) is 12.1 Å². The predicted molar refractivity (Wildman–Crippen MR) is 162 cm³/mol. The number of aromatic nitrogens is 1. The van der Waals surface area contributed by atoms with Gasteiger partial charge in [-0.25, -0.2) is 4.39 Å². The summed E-state index contributed by atoms with van der Waals surface area (Å²) in [6, 6.07) is 19.8. The molecule has 0 amide bonds. The Morgan fingerprint density at radius 1 is 1.08 bits per heavy atom. The van der Waals surface area contributed by atoms with Gasteiger partial charge in [-0.15, -0.1) is 0 Å². The van der Waals surface area contributed by atoms with Crippen LogP contribution in [0.15, 0.2) is 81.8 Å². The van der Waals surface area contributed by atoms with Gasteiger partial charge in [-0.1, -0.05) is 24.6 Å². The van der Waals surface area contributed by atoms with Crippen LogP contribution < -0.4 is 15.1 Å². The van der Waals surface area contributed by atoms with Gasteiger partial charge in [0, 0.05) is 35.0 Å². The van der Waals surface area contributed by atoms with Crippen molar-refractivity contribution in [2.75, 3.05) is 22.9 Å². The second-order valence-electron chi connectivity index (χ2n) is 10.1. The molecule has 5 nitrogen and oxygen atoms in total. The third-order valence-corrected chi connectivity index (χ3v) is 8.82. The molecule has 0 unspecified atom stereocenters. The Morgan fingerprint density at radius 3 is 2.62 bits per heavy atom. The van der Waals surface area contributed by atoms with E-state index < -0.39 is 0 Å². The molecule has 2 aromatic carbocycles. The lowest BCUT2D eigenvalue weighted by molar-refractivity contribution is 0.438. The Balaban J connectivity index is 1.38. The van der Waals surface area contributed by atoms with Crippen LogP contribution in [0.4, 0.5) is 15.8 Å². The van der Waals surface area contributed by atoms with E-state index in [0.29, 0.717) is 26.1 Å². The highest BCUT2D eigenvalue weighted by atomic mass is 79.9. The van der Waals surface area contributed by atoms with Crippen molar-refractivity contribution in [1.29, 1.82) is 0 Å². The van der Waals surface area contributed by atoms with Gasteiger partial charge in [0.1, 0.15) is 23.4 Å². The fraction of sp³-hybridized carbons (Fsp3) is 0.267. The minimum Gasteiger partial charge on any atom is -0.459 e. The number of furan rings is 1. The van der Waals surface area contributed by atoms with Crippen LogP contribution in [0.25, 0.3) is 11.3 Å². The number of halogens is 3. The van der Waals surface area contributed by atoms with Crippen LogP contribution in [-0.4, -0.2) is 23.2 Å². The number of benzene rings is 2. The van der Waals surface area contributed by atoms with E-state index in [2.05, 4.69) is 50.2 Å². The lowest BCUT2D eigenvalue weighted by Crippen LogP contribution is -2.33. The molecular formula is C30H27BrClFN4OS. The quantitative estimate of drug-likeness (QED) is 0.225. The van der Waals surface area contributed by atoms with Crippen molar-refractivity contribution in [1.82, 2.24) is 10.3 Å². The summed E-state index contributed by atoms with van der Waals surface area (Å²) in [5.74, 6) is 1.76. The van der Waals surface area contributed by atoms with Gasteiger partial charge >= 0.3 is 0 Å². The topological polar surface area (TPSA) is 44.5 Å². The van der Waals surface area contributed by atoms with Crippen LogP contribution >= 0.6 is 39.7 Å². The molecule has 2 saturated heterocycles. The van der Waals surface area contributed by atoms with Crippen molar-refractivity contribution >= 4 is 56.2 Å². The smallest absolute Gasteiger partial charge is 0.174 e. The minimum atomic E-state index is -0.321. The SMILES string of the molecule is CC1CCN(c2ccc(N3C(=S)N[C@@H](c4ccccn4)[C@@H]3c3ccc(-c4ccc(F)cc4Br)o3)cc2Cl)CC1. The van der Waals surface area contributed by atoms with Crippen LogP contribution in [0.3, 0.4) is 0 Å². The van der Waals surface area contributed by atoms with Crippen molar-refractivity contribution in [2.45, 2.75) is 31.8 Å². The first-order chi connectivity index (χ1) is 18.9. The van der Waals surface area contributed by atoms with Gasteiger partial charge in [-0.05, 0) is 108 Å². The Hall–Kier alpha value is -2.94. The number of thiocarbonyl (C=S) groups is 1. The van der Waals surface area contributed by atoms with E-state index in [4.69, 9.17) is 28.2 Å². The van der Waals surface area contributed by atoms with Gasteiger partial charge in [-0.3, -0.25) is 4.98 Å². The van der Waals surface area contributed by atoms with Crippen LogP contribution in [-0.2, 0) is 0 Å². The summed E-state index contributed by atoms with van der Waals surface area (Å²) in [5, 5.41) is 4.72. The zero-order chi connectivity index (χ0) is 27.1. The largest absolute Gasteiger partial charge is 0.459 e. The van der Waals surface area contributed by atoms with Gasteiger partial charge in [0.2, 0.25) is 0 Å². The first-order valence-electron chi connectivity index (χ1n) is 13.0. The highest BCUT2D eigenvalue weighted by Gasteiger charge is 2.43. The molecule has 0 saturated carbocycles. The molecule has 9 heteroatoms. The lowest BCUT2D eigenvalue weighted by Gasteiger charge is -2.33. The number of nitrogens with zero attached hydrogens (tertiary/aromatic N) is 3. The molecule has 2 aromatic heterocycles. The van der Waals surface area contributed by atoms with Crippen LogP contribution in [0.1, 0.15) is 43.3 Å². The molecule has 0 radical (unpaired) electrons. The van der Waals surface area contributed by atoms with Crippen LogP contribution in [0.2, 0.25) is 5.02 Å². The first-order valence-corrected chi connectivity index (χ1v) is 14.6. The normalized spacial score (nSPS) is 19.9. The highest BCUT2D eigenvalue weighted by molar-refractivity contribution is 9.10. The zero-order valence-corrected chi connectivity index (χ0v) is 24.4. The average Bonchev–Trinajstić information content (AvgIpc) is 3.54. The molecule has 39 heavy (non-hydrogen) atoms. The van der Waals surface area contributed by atoms with Gasteiger partial charge in [0.15, 0.2) is 5.11 Å². The minimum absolute atomic E-state index is 0.253. The molecule has 4 heterocycles. The van der Waals surface area contributed by atoms with E-state index in [9.17, 15) is 4.39 Å². The number of rotatable bonds is 5. The predicted octanol–water partition coefficient (Wildman–Crippen LogP) is 8.31. The van der Waals surface area contributed by atoms with E-state index in [0.717, 1.165) is 54.5 Å². The summed E-state index contributed by atoms with van der Waals surface area (Å²) >= 11 is 16.2. The van der Waals surface area contributed by atoms with Crippen molar-refractivity contribution in [3.63, 3.8) is 0 Å². The Morgan fingerprint density at radius 2 is 1.90 bits per heavy atom. The summed E-state index contributed by atoms with van der Waals surface area (Å²) in [4.78, 5) is 9.02. The Labute approximate surface area is 246 Å². The number of hydrogen-bond donors (Lipinski definition) is 1. The molecule has 0 aliphatic carbocycles. The number of nitrogens with one attached hydrogen (secondary N) is 1.